The lowest BCUT2D eigenvalue weighted by Crippen LogP contribution is -2.19. The molecular formula is C14H16O. The number of hydrogen-bond acceptors (Lipinski definition) is 1. The van der Waals surface area contributed by atoms with E-state index in [9.17, 15) is 0 Å². The first-order valence-corrected chi connectivity index (χ1v) is 5.40. The SMILES string of the molecule is C[C@H]1C=CC[C@H](/C=C/c2ccccc2)O1. The zero-order valence-corrected chi connectivity index (χ0v) is 8.97. The van der Waals surface area contributed by atoms with E-state index < -0.39 is 0 Å². The second-order valence-electron chi connectivity index (χ2n) is 3.81. The molecule has 0 unspecified atom stereocenters. The van der Waals surface area contributed by atoms with E-state index in [0.717, 1.165) is 6.42 Å². The number of hydrogen-bond donors (Lipinski definition) is 0. The molecular weight excluding hydrogens is 184 g/mol. The first kappa shape index (κ1) is 10.2. The second kappa shape index (κ2) is 4.94. The van der Waals surface area contributed by atoms with Crippen molar-refractivity contribution in [2.45, 2.75) is 25.6 Å². The molecule has 0 aromatic heterocycles. The summed E-state index contributed by atoms with van der Waals surface area (Å²) in [6.45, 7) is 2.07. The predicted octanol–water partition coefficient (Wildman–Crippen LogP) is 3.43. The Bertz CT molecular complexity index is 351. The lowest BCUT2D eigenvalue weighted by atomic mass is 10.1. The first-order chi connectivity index (χ1) is 7.34. The van der Waals surface area contributed by atoms with Gasteiger partial charge in [0.15, 0.2) is 0 Å². The van der Waals surface area contributed by atoms with Crippen LogP contribution in [0.5, 0.6) is 0 Å². The number of rotatable bonds is 2. The summed E-state index contributed by atoms with van der Waals surface area (Å²) in [5, 5.41) is 0. The Hall–Kier alpha value is -1.34. The van der Waals surface area contributed by atoms with Crippen molar-refractivity contribution in [3.8, 4) is 0 Å². The highest BCUT2D eigenvalue weighted by molar-refractivity contribution is 5.49. The third kappa shape index (κ3) is 3.07. The average molecular weight is 200 g/mol. The molecule has 1 aliphatic rings. The van der Waals surface area contributed by atoms with E-state index in [2.05, 4.69) is 43.4 Å². The Balaban J connectivity index is 1.97. The Kier molecular flexibility index (Phi) is 3.36. The van der Waals surface area contributed by atoms with Crippen LogP contribution in [0.2, 0.25) is 0 Å². The molecule has 1 heteroatoms. The van der Waals surface area contributed by atoms with Gasteiger partial charge in [0.1, 0.15) is 0 Å². The molecule has 0 bridgehead atoms. The van der Waals surface area contributed by atoms with E-state index in [4.69, 9.17) is 4.74 Å². The number of ether oxygens (including phenoxy) is 1. The molecule has 0 saturated carbocycles. The van der Waals surface area contributed by atoms with Crippen LogP contribution in [0.15, 0.2) is 48.6 Å². The van der Waals surface area contributed by atoms with Crippen molar-refractivity contribution in [3.63, 3.8) is 0 Å². The maximum absolute atomic E-state index is 5.73. The summed E-state index contributed by atoms with van der Waals surface area (Å²) in [5.41, 5.74) is 1.23. The van der Waals surface area contributed by atoms with Crippen LogP contribution in [0.3, 0.4) is 0 Å². The molecule has 2 rings (SSSR count). The van der Waals surface area contributed by atoms with Crippen LogP contribution in [0.4, 0.5) is 0 Å². The van der Waals surface area contributed by atoms with Gasteiger partial charge < -0.3 is 4.74 Å². The molecule has 0 aliphatic carbocycles. The summed E-state index contributed by atoms with van der Waals surface area (Å²) in [6, 6.07) is 10.3. The summed E-state index contributed by atoms with van der Waals surface area (Å²) in [7, 11) is 0. The molecule has 0 radical (unpaired) electrons. The van der Waals surface area contributed by atoms with Crippen molar-refractivity contribution in [2.24, 2.45) is 0 Å². The lowest BCUT2D eigenvalue weighted by Gasteiger charge is -2.20. The zero-order valence-electron chi connectivity index (χ0n) is 8.97. The molecule has 1 aromatic carbocycles. The van der Waals surface area contributed by atoms with Crippen LogP contribution in [-0.2, 0) is 4.74 Å². The molecule has 1 aliphatic heterocycles. The van der Waals surface area contributed by atoms with E-state index >= 15 is 0 Å². The topological polar surface area (TPSA) is 9.23 Å². The van der Waals surface area contributed by atoms with E-state index in [1.165, 1.54) is 5.56 Å². The van der Waals surface area contributed by atoms with Crippen molar-refractivity contribution >= 4 is 6.08 Å². The monoisotopic (exact) mass is 200 g/mol. The van der Waals surface area contributed by atoms with Gasteiger partial charge in [-0.1, -0.05) is 54.6 Å². The fourth-order valence-corrected chi connectivity index (χ4v) is 1.69. The highest BCUT2D eigenvalue weighted by Crippen LogP contribution is 2.14. The average Bonchev–Trinajstić information content (AvgIpc) is 2.28. The minimum atomic E-state index is 0.227. The quantitative estimate of drug-likeness (QED) is 0.664. The van der Waals surface area contributed by atoms with Gasteiger partial charge in [0.25, 0.3) is 0 Å². The normalized spacial score (nSPS) is 25.9. The van der Waals surface area contributed by atoms with Gasteiger partial charge in [-0.2, -0.15) is 0 Å². The summed E-state index contributed by atoms with van der Waals surface area (Å²) in [4.78, 5) is 0. The first-order valence-electron chi connectivity index (χ1n) is 5.40. The molecule has 0 N–H and O–H groups in total. The Labute approximate surface area is 91.1 Å². The zero-order chi connectivity index (χ0) is 10.5. The fraction of sp³-hybridized carbons (Fsp3) is 0.286. The van der Waals surface area contributed by atoms with Gasteiger partial charge >= 0.3 is 0 Å². The number of benzene rings is 1. The summed E-state index contributed by atoms with van der Waals surface area (Å²) < 4.78 is 5.73. The van der Waals surface area contributed by atoms with Gasteiger partial charge in [0.05, 0.1) is 12.2 Å². The molecule has 0 saturated heterocycles. The van der Waals surface area contributed by atoms with Gasteiger partial charge in [0.2, 0.25) is 0 Å². The second-order valence-corrected chi connectivity index (χ2v) is 3.81. The van der Waals surface area contributed by atoms with E-state index in [1.54, 1.807) is 0 Å². The van der Waals surface area contributed by atoms with E-state index in [-0.39, 0.29) is 12.2 Å². The molecule has 1 aromatic rings. The van der Waals surface area contributed by atoms with Gasteiger partial charge in [0, 0.05) is 0 Å². The van der Waals surface area contributed by atoms with Crippen molar-refractivity contribution in [1.29, 1.82) is 0 Å². The van der Waals surface area contributed by atoms with Crippen LogP contribution in [0.1, 0.15) is 18.9 Å². The molecule has 2 atom stereocenters. The lowest BCUT2D eigenvalue weighted by molar-refractivity contribution is 0.0453. The molecule has 0 fully saturated rings. The Morgan fingerprint density at radius 3 is 2.80 bits per heavy atom. The molecule has 1 heterocycles. The summed E-state index contributed by atoms with van der Waals surface area (Å²) >= 11 is 0. The van der Waals surface area contributed by atoms with Crippen LogP contribution < -0.4 is 0 Å². The molecule has 15 heavy (non-hydrogen) atoms. The Morgan fingerprint density at radius 2 is 2.07 bits per heavy atom. The molecule has 0 spiro atoms. The highest BCUT2D eigenvalue weighted by atomic mass is 16.5. The standard InChI is InChI=1S/C14H16O/c1-12-6-5-9-14(15-12)11-10-13-7-3-2-4-8-13/h2-8,10-12,14H,9H2,1H3/b11-10+/t12-,14+/m0/s1. The third-order valence-corrected chi connectivity index (χ3v) is 2.47. The van der Waals surface area contributed by atoms with Gasteiger partial charge in [-0.3, -0.25) is 0 Å². The largest absolute Gasteiger partial charge is 0.367 e. The van der Waals surface area contributed by atoms with Crippen molar-refractivity contribution in [2.75, 3.05) is 0 Å². The smallest absolute Gasteiger partial charge is 0.0801 e. The van der Waals surface area contributed by atoms with E-state index in [1.807, 2.05) is 18.2 Å². The molecule has 78 valence electrons. The summed E-state index contributed by atoms with van der Waals surface area (Å²) in [6.07, 6.45) is 10.00. The summed E-state index contributed by atoms with van der Waals surface area (Å²) in [5.74, 6) is 0. The maximum Gasteiger partial charge on any atom is 0.0801 e. The van der Waals surface area contributed by atoms with Gasteiger partial charge in [-0.05, 0) is 18.9 Å². The van der Waals surface area contributed by atoms with Crippen LogP contribution in [0.25, 0.3) is 6.08 Å². The molecule has 0 amide bonds. The maximum atomic E-state index is 5.73. The highest BCUT2D eigenvalue weighted by Gasteiger charge is 2.10. The Morgan fingerprint density at radius 1 is 1.27 bits per heavy atom. The van der Waals surface area contributed by atoms with Crippen molar-refractivity contribution in [1.82, 2.24) is 0 Å². The minimum Gasteiger partial charge on any atom is -0.367 e. The third-order valence-electron chi connectivity index (χ3n) is 2.47. The van der Waals surface area contributed by atoms with Crippen LogP contribution >= 0.6 is 0 Å². The minimum absolute atomic E-state index is 0.227. The van der Waals surface area contributed by atoms with Gasteiger partial charge in [-0.25, -0.2) is 0 Å². The van der Waals surface area contributed by atoms with Crippen molar-refractivity contribution in [3.05, 3.63) is 54.1 Å². The fourth-order valence-electron chi connectivity index (χ4n) is 1.69. The molecule has 1 nitrogen and oxygen atoms in total. The van der Waals surface area contributed by atoms with Crippen LogP contribution in [-0.4, -0.2) is 12.2 Å². The van der Waals surface area contributed by atoms with Gasteiger partial charge in [-0.15, -0.1) is 0 Å². The van der Waals surface area contributed by atoms with Crippen LogP contribution in [0, 0.1) is 0 Å². The predicted molar refractivity (Wildman–Crippen MR) is 63.6 cm³/mol. The van der Waals surface area contributed by atoms with E-state index in [0.29, 0.717) is 0 Å². The van der Waals surface area contributed by atoms with Crippen molar-refractivity contribution < 1.29 is 4.74 Å².